The van der Waals surface area contributed by atoms with Gasteiger partial charge in [-0.05, 0) is 34.1 Å². The van der Waals surface area contributed by atoms with Crippen molar-refractivity contribution >= 4 is 39.1 Å². The standard InChI is InChI=1S/C15H11BrN4O7/c1-27-13-3-2-8(6-12(13)16)14(21)17-18-15(22)9-4-10(19(23)24)7-11(5-9)20(25)26/h2-7H,1H3,(H,17,21)(H,18,22). The molecule has 2 N–H and O–H groups in total. The molecule has 0 aliphatic heterocycles. The van der Waals surface area contributed by atoms with Gasteiger partial charge in [0.15, 0.2) is 0 Å². The highest BCUT2D eigenvalue weighted by Gasteiger charge is 2.20. The van der Waals surface area contributed by atoms with Crippen LogP contribution >= 0.6 is 15.9 Å². The van der Waals surface area contributed by atoms with Gasteiger partial charge in [0.05, 0.1) is 33.1 Å². The van der Waals surface area contributed by atoms with Crippen LogP contribution in [-0.4, -0.2) is 28.8 Å². The molecule has 0 radical (unpaired) electrons. The van der Waals surface area contributed by atoms with E-state index in [9.17, 15) is 29.8 Å². The van der Waals surface area contributed by atoms with Crippen molar-refractivity contribution in [2.75, 3.05) is 7.11 Å². The first-order valence-electron chi connectivity index (χ1n) is 7.11. The number of halogens is 1. The van der Waals surface area contributed by atoms with E-state index >= 15 is 0 Å². The summed E-state index contributed by atoms with van der Waals surface area (Å²) in [7, 11) is 1.46. The predicted molar refractivity (Wildman–Crippen MR) is 95.4 cm³/mol. The van der Waals surface area contributed by atoms with Crippen LogP contribution < -0.4 is 15.6 Å². The van der Waals surface area contributed by atoms with Gasteiger partial charge in [0.2, 0.25) is 0 Å². The average Bonchev–Trinajstić information content (AvgIpc) is 2.65. The summed E-state index contributed by atoms with van der Waals surface area (Å²) in [6.45, 7) is 0. The van der Waals surface area contributed by atoms with Crippen LogP contribution in [0.2, 0.25) is 0 Å². The molecule has 0 atom stereocenters. The number of carbonyl (C=O) groups is 2. The van der Waals surface area contributed by atoms with E-state index in [1.54, 1.807) is 0 Å². The van der Waals surface area contributed by atoms with Gasteiger partial charge in [-0.3, -0.25) is 40.7 Å². The van der Waals surface area contributed by atoms with Gasteiger partial charge in [-0.25, -0.2) is 0 Å². The predicted octanol–water partition coefficient (Wildman–Crippen LogP) is 2.35. The average molecular weight is 439 g/mol. The molecule has 2 amide bonds. The van der Waals surface area contributed by atoms with Crippen LogP contribution in [-0.2, 0) is 0 Å². The van der Waals surface area contributed by atoms with E-state index in [1.165, 1.54) is 25.3 Å². The Morgan fingerprint density at radius 1 is 0.926 bits per heavy atom. The molecule has 0 aliphatic carbocycles. The lowest BCUT2D eigenvalue weighted by atomic mass is 10.1. The summed E-state index contributed by atoms with van der Waals surface area (Å²) < 4.78 is 5.55. The van der Waals surface area contributed by atoms with Gasteiger partial charge >= 0.3 is 0 Å². The lowest BCUT2D eigenvalue weighted by Crippen LogP contribution is -2.41. The van der Waals surface area contributed by atoms with Gasteiger partial charge < -0.3 is 4.74 Å². The van der Waals surface area contributed by atoms with Crippen LogP contribution in [0, 0.1) is 20.2 Å². The Labute approximate surface area is 159 Å². The molecule has 0 heterocycles. The minimum absolute atomic E-state index is 0.188. The lowest BCUT2D eigenvalue weighted by molar-refractivity contribution is -0.394. The van der Waals surface area contributed by atoms with E-state index < -0.39 is 33.0 Å². The summed E-state index contributed by atoms with van der Waals surface area (Å²) in [4.78, 5) is 44.2. The van der Waals surface area contributed by atoms with Crippen LogP contribution in [0.15, 0.2) is 40.9 Å². The zero-order chi connectivity index (χ0) is 20.1. The van der Waals surface area contributed by atoms with E-state index in [2.05, 4.69) is 21.4 Å². The fourth-order valence-corrected chi connectivity index (χ4v) is 2.54. The van der Waals surface area contributed by atoms with Crippen LogP contribution in [0.1, 0.15) is 20.7 Å². The third-order valence-corrected chi connectivity index (χ3v) is 3.91. The van der Waals surface area contributed by atoms with Crippen molar-refractivity contribution in [3.8, 4) is 5.75 Å². The summed E-state index contributed by atoms with van der Waals surface area (Å²) in [6.07, 6.45) is 0. The van der Waals surface area contributed by atoms with Crippen molar-refractivity contribution in [3.05, 3.63) is 72.2 Å². The number of nitrogens with zero attached hydrogens (tertiary/aromatic N) is 2. The summed E-state index contributed by atoms with van der Waals surface area (Å²) in [5.74, 6) is -1.13. The number of nitro benzene ring substituents is 2. The number of hydrazine groups is 1. The lowest BCUT2D eigenvalue weighted by Gasteiger charge is -2.09. The molecule has 2 rings (SSSR count). The minimum atomic E-state index is -0.956. The number of non-ortho nitro benzene ring substituents is 2. The van der Waals surface area contributed by atoms with Gasteiger partial charge in [0.25, 0.3) is 23.2 Å². The Kier molecular flexibility index (Phi) is 6.03. The second kappa shape index (κ2) is 8.23. The number of benzene rings is 2. The molecule has 2 aromatic rings. The highest BCUT2D eigenvalue weighted by molar-refractivity contribution is 9.10. The van der Waals surface area contributed by atoms with Crippen LogP contribution in [0.3, 0.4) is 0 Å². The molecule has 2 aromatic carbocycles. The molecule has 11 nitrogen and oxygen atoms in total. The first-order chi connectivity index (χ1) is 12.7. The van der Waals surface area contributed by atoms with E-state index in [0.717, 1.165) is 18.2 Å². The Hall–Kier alpha value is -3.54. The van der Waals surface area contributed by atoms with Gasteiger partial charge in [-0.15, -0.1) is 0 Å². The van der Waals surface area contributed by atoms with Crippen molar-refractivity contribution in [2.24, 2.45) is 0 Å². The number of carbonyl (C=O) groups excluding carboxylic acids is 2. The third-order valence-electron chi connectivity index (χ3n) is 3.29. The molecule has 0 fully saturated rings. The zero-order valence-electron chi connectivity index (χ0n) is 13.6. The van der Waals surface area contributed by atoms with Gasteiger partial charge in [0.1, 0.15) is 5.75 Å². The number of nitrogens with one attached hydrogen (secondary N) is 2. The van der Waals surface area contributed by atoms with Crippen molar-refractivity contribution in [1.29, 1.82) is 0 Å². The summed E-state index contributed by atoms with van der Waals surface area (Å²) >= 11 is 3.22. The molecular formula is C15H11BrN4O7. The Morgan fingerprint density at radius 3 is 1.89 bits per heavy atom. The van der Waals surface area contributed by atoms with E-state index in [1.807, 2.05) is 5.43 Å². The molecule has 0 saturated carbocycles. The summed E-state index contributed by atoms with van der Waals surface area (Å²) in [5, 5.41) is 21.7. The molecule has 27 heavy (non-hydrogen) atoms. The number of amides is 2. The number of hydrogen-bond donors (Lipinski definition) is 2. The molecule has 0 aliphatic rings. The normalized spacial score (nSPS) is 10.0. The van der Waals surface area contributed by atoms with E-state index in [4.69, 9.17) is 4.74 Å². The molecule has 0 unspecified atom stereocenters. The Bertz CT molecular complexity index is 916. The molecule has 0 spiro atoms. The number of rotatable bonds is 5. The quantitative estimate of drug-likeness (QED) is 0.536. The highest BCUT2D eigenvalue weighted by atomic mass is 79.9. The second-order valence-electron chi connectivity index (χ2n) is 5.01. The highest BCUT2D eigenvalue weighted by Crippen LogP contribution is 2.25. The van der Waals surface area contributed by atoms with Gasteiger partial charge in [-0.1, -0.05) is 0 Å². The zero-order valence-corrected chi connectivity index (χ0v) is 15.2. The van der Waals surface area contributed by atoms with Crippen molar-refractivity contribution in [1.82, 2.24) is 10.9 Å². The molecule has 140 valence electrons. The monoisotopic (exact) mass is 438 g/mol. The summed E-state index contributed by atoms with van der Waals surface area (Å²) in [5.41, 5.74) is 2.75. The van der Waals surface area contributed by atoms with Crippen LogP contribution in [0.4, 0.5) is 11.4 Å². The fraction of sp³-hybridized carbons (Fsp3) is 0.0667. The first kappa shape index (κ1) is 19.8. The first-order valence-corrected chi connectivity index (χ1v) is 7.90. The Balaban J connectivity index is 2.15. The number of methoxy groups -OCH3 is 1. The second-order valence-corrected chi connectivity index (χ2v) is 5.86. The smallest absolute Gasteiger partial charge is 0.277 e. The van der Waals surface area contributed by atoms with E-state index in [0.29, 0.717) is 10.2 Å². The number of ether oxygens (including phenoxy) is 1. The fourth-order valence-electron chi connectivity index (χ4n) is 2.00. The van der Waals surface area contributed by atoms with Gasteiger partial charge in [-0.2, -0.15) is 0 Å². The minimum Gasteiger partial charge on any atom is -0.496 e. The molecular weight excluding hydrogens is 428 g/mol. The molecule has 0 bridgehead atoms. The molecule has 12 heteroatoms. The number of nitro groups is 2. The topological polar surface area (TPSA) is 154 Å². The van der Waals surface area contributed by atoms with E-state index in [-0.39, 0.29) is 11.1 Å². The largest absolute Gasteiger partial charge is 0.496 e. The molecule has 0 aromatic heterocycles. The van der Waals surface area contributed by atoms with Gasteiger partial charge in [0, 0.05) is 17.7 Å². The van der Waals surface area contributed by atoms with Crippen LogP contribution in [0.5, 0.6) is 5.75 Å². The maximum absolute atomic E-state index is 12.1. The van der Waals surface area contributed by atoms with Crippen LogP contribution in [0.25, 0.3) is 0 Å². The SMILES string of the molecule is COc1ccc(C(=O)NNC(=O)c2cc([N+](=O)[O-])cc([N+](=O)[O-])c2)cc1Br. The van der Waals surface area contributed by atoms with Crippen molar-refractivity contribution in [2.45, 2.75) is 0 Å². The maximum Gasteiger partial charge on any atom is 0.277 e. The van der Waals surface area contributed by atoms with Crippen molar-refractivity contribution < 1.29 is 24.2 Å². The van der Waals surface area contributed by atoms with Crippen molar-refractivity contribution in [3.63, 3.8) is 0 Å². The number of hydrogen-bond acceptors (Lipinski definition) is 7. The third kappa shape index (κ3) is 4.76. The maximum atomic E-state index is 12.1. The molecule has 0 saturated heterocycles. The summed E-state index contributed by atoms with van der Waals surface area (Å²) in [6, 6.07) is 6.88. The Morgan fingerprint density at radius 2 is 1.44 bits per heavy atom.